The largest absolute Gasteiger partial charge is 0.466 e. The van der Waals surface area contributed by atoms with Crippen LogP contribution in [0.3, 0.4) is 0 Å². The van der Waals surface area contributed by atoms with E-state index in [9.17, 15) is 4.79 Å². The number of aromatic nitrogens is 2. The predicted octanol–water partition coefficient (Wildman–Crippen LogP) is 3.46. The molecule has 2 rings (SSSR count). The lowest BCUT2D eigenvalue weighted by Crippen LogP contribution is -2.05. The normalized spacial score (nSPS) is 10.4. The zero-order valence-corrected chi connectivity index (χ0v) is 12.8. The third-order valence-corrected chi connectivity index (χ3v) is 3.77. The fourth-order valence-electron chi connectivity index (χ4n) is 1.55. The van der Waals surface area contributed by atoms with Gasteiger partial charge in [0.1, 0.15) is 5.01 Å². The Hall–Kier alpha value is -1.27. The molecule has 6 heteroatoms. The predicted molar refractivity (Wildman–Crippen MR) is 78.0 cm³/mol. The van der Waals surface area contributed by atoms with Gasteiger partial charge >= 0.3 is 5.97 Å². The highest BCUT2D eigenvalue weighted by molar-refractivity contribution is 9.10. The summed E-state index contributed by atoms with van der Waals surface area (Å²) in [5.41, 5.74) is 1.88. The minimum absolute atomic E-state index is 0.179. The Bertz CT molecular complexity index is 571. The standard InChI is InChI=1S/C13H13BrN2O2S/c1-2-18-12(17)4-3-11-8-19-13(16-11)9-5-10(14)7-15-6-9/h5-8H,2-4H2,1H3. The van der Waals surface area contributed by atoms with Crippen LogP contribution in [-0.4, -0.2) is 22.5 Å². The van der Waals surface area contributed by atoms with Gasteiger partial charge in [0.05, 0.1) is 18.7 Å². The molecule has 0 radical (unpaired) electrons. The fourth-order valence-corrected chi connectivity index (χ4v) is 2.75. The minimum atomic E-state index is -0.179. The number of carbonyl (C=O) groups excluding carboxylic acids is 1. The summed E-state index contributed by atoms with van der Waals surface area (Å²) in [6.45, 7) is 2.23. The van der Waals surface area contributed by atoms with Crippen LogP contribution in [0.25, 0.3) is 10.6 Å². The Morgan fingerprint density at radius 1 is 1.47 bits per heavy atom. The molecule has 0 N–H and O–H groups in total. The minimum Gasteiger partial charge on any atom is -0.466 e. The van der Waals surface area contributed by atoms with E-state index in [4.69, 9.17) is 4.74 Å². The van der Waals surface area contributed by atoms with E-state index < -0.39 is 0 Å². The quantitative estimate of drug-likeness (QED) is 0.782. The maximum absolute atomic E-state index is 11.3. The van der Waals surface area contributed by atoms with Gasteiger partial charge in [0.2, 0.25) is 0 Å². The van der Waals surface area contributed by atoms with Crippen molar-refractivity contribution in [3.63, 3.8) is 0 Å². The molecule has 0 saturated heterocycles. The smallest absolute Gasteiger partial charge is 0.306 e. The van der Waals surface area contributed by atoms with Crippen molar-refractivity contribution in [2.45, 2.75) is 19.8 Å². The average molecular weight is 341 g/mol. The highest BCUT2D eigenvalue weighted by atomic mass is 79.9. The molecule has 0 fully saturated rings. The Labute approximate surface area is 124 Å². The Balaban J connectivity index is 2.01. The van der Waals surface area contributed by atoms with Gasteiger partial charge < -0.3 is 4.74 Å². The monoisotopic (exact) mass is 340 g/mol. The van der Waals surface area contributed by atoms with Gasteiger partial charge in [0, 0.05) is 34.2 Å². The number of nitrogens with zero attached hydrogens (tertiary/aromatic N) is 2. The van der Waals surface area contributed by atoms with Gasteiger partial charge in [0.15, 0.2) is 0 Å². The van der Waals surface area contributed by atoms with E-state index in [1.807, 2.05) is 11.4 Å². The van der Waals surface area contributed by atoms with Gasteiger partial charge in [-0.2, -0.15) is 0 Å². The van der Waals surface area contributed by atoms with Crippen LogP contribution >= 0.6 is 27.3 Å². The van der Waals surface area contributed by atoms with Gasteiger partial charge in [-0.15, -0.1) is 11.3 Å². The Morgan fingerprint density at radius 2 is 2.32 bits per heavy atom. The maximum atomic E-state index is 11.3. The van der Waals surface area contributed by atoms with Crippen molar-refractivity contribution < 1.29 is 9.53 Å². The van der Waals surface area contributed by atoms with Gasteiger partial charge in [-0.3, -0.25) is 9.78 Å². The van der Waals surface area contributed by atoms with E-state index in [2.05, 4.69) is 25.9 Å². The first-order valence-electron chi connectivity index (χ1n) is 5.90. The molecule has 0 saturated carbocycles. The van der Waals surface area contributed by atoms with Crippen molar-refractivity contribution in [2.75, 3.05) is 6.61 Å². The van der Waals surface area contributed by atoms with Crippen LogP contribution in [0.4, 0.5) is 0 Å². The van der Waals surface area contributed by atoms with E-state index in [1.165, 1.54) is 0 Å². The Kier molecular flexibility index (Phi) is 5.04. The first kappa shape index (κ1) is 14.1. The highest BCUT2D eigenvalue weighted by Gasteiger charge is 2.08. The molecular formula is C13H13BrN2O2S. The van der Waals surface area contributed by atoms with E-state index in [-0.39, 0.29) is 5.97 Å². The number of ether oxygens (including phenoxy) is 1. The summed E-state index contributed by atoms with van der Waals surface area (Å²) < 4.78 is 5.82. The van der Waals surface area contributed by atoms with Crippen molar-refractivity contribution in [3.8, 4) is 10.6 Å². The molecule has 0 aliphatic heterocycles. The summed E-state index contributed by atoms with van der Waals surface area (Å²) in [6, 6.07) is 1.97. The van der Waals surface area contributed by atoms with Crippen LogP contribution in [0.2, 0.25) is 0 Å². The van der Waals surface area contributed by atoms with Crippen LogP contribution in [0.1, 0.15) is 19.0 Å². The van der Waals surface area contributed by atoms with Crippen molar-refractivity contribution >= 4 is 33.2 Å². The molecule has 4 nitrogen and oxygen atoms in total. The summed E-state index contributed by atoms with van der Waals surface area (Å²) >= 11 is 4.94. The molecule has 0 spiro atoms. The van der Waals surface area contributed by atoms with Crippen LogP contribution < -0.4 is 0 Å². The van der Waals surface area contributed by atoms with E-state index >= 15 is 0 Å². The topological polar surface area (TPSA) is 52.1 Å². The first-order valence-corrected chi connectivity index (χ1v) is 7.57. The molecule has 0 atom stereocenters. The van der Waals surface area contributed by atoms with Crippen molar-refractivity contribution in [3.05, 3.63) is 34.0 Å². The zero-order chi connectivity index (χ0) is 13.7. The van der Waals surface area contributed by atoms with Crippen molar-refractivity contribution in [2.24, 2.45) is 0 Å². The molecule has 2 heterocycles. The molecule has 0 aliphatic carbocycles. The third-order valence-electron chi connectivity index (χ3n) is 2.39. The molecule has 0 amide bonds. The lowest BCUT2D eigenvalue weighted by molar-refractivity contribution is -0.143. The average Bonchev–Trinajstić information content (AvgIpc) is 2.85. The number of rotatable bonds is 5. The van der Waals surface area contributed by atoms with Gasteiger partial charge in [-0.05, 0) is 28.9 Å². The SMILES string of the molecule is CCOC(=O)CCc1csc(-c2cncc(Br)c2)n1. The second-order valence-corrected chi connectivity index (χ2v) is 5.61. The van der Waals surface area contributed by atoms with Gasteiger partial charge in [0.25, 0.3) is 0 Å². The highest BCUT2D eigenvalue weighted by Crippen LogP contribution is 2.25. The molecule has 100 valence electrons. The Morgan fingerprint density at radius 3 is 3.05 bits per heavy atom. The molecule has 2 aromatic rings. The van der Waals surface area contributed by atoms with Crippen LogP contribution in [0.15, 0.2) is 28.3 Å². The number of hydrogen-bond donors (Lipinski definition) is 0. The first-order chi connectivity index (χ1) is 9.19. The summed E-state index contributed by atoms with van der Waals surface area (Å²) in [5.74, 6) is -0.179. The number of carbonyl (C=O) groups is 1. The maximum Gasteiger partial charge on any atom is 0.306 e. The molecule has 0 aromatic carbocycles. The van der Waals surface area contributed by atoms with Crippen LogP contribution in [0.5, 0.6) is 0 Å². The molecule has 0 aliphatic rings. The summed E-state index contributed by atoms with van der Waals surface area (Å²) in [6.07, 6.45) is 4.49. The lowest BCUT2D eigenvalue weighted by atomic mass is 10.2. The number of hydrogen-bond acceptors (Lipinski definition) is 5. The lowest BCUT2D eigenvalue weighted by Gasteiger charge is -1.99. The summed E-state index contributed by atoms with van der Waals surface area (Å²) in [5, 5.41) is 2.88. The molecule has 2 aromatic heterocycles. The second-order valence-electron chi connectivity index (χ2n) is 3.84. The molecule has 0 bridgehead atoms. The van der Waals surface area contributed by atoms with E-state index in [0.717, 1.165) is 20.7 Å². The van der Waals surface area contributed by atoms with Crippen LogP contribution in [0, 0.1) is 0 Å². The van der Waals surface area contributed by atoms with Crippen LogP contribution in [-0.2, 0) is 16.0 Å². The summed E-state index contributed by atoms with van der Waals surface area (Å²) in [7, 11) is 0. The molecular weight excluding hydrogens is 328 g/mol. The summed E-state index contributed by atoms with van der Waals surface area (Å²) in [4.78, 5) is 19.9. The zero-order valence-electron chi connectivity index (χ0n) is 10.4. The number of thiazole rings is 1. The number of aryl methyl sites for hydroxylation is 1. The van der Waals surface area contributed by atoms with Gasteiger partial charge in [-0.25, -0.2) is 4.98 Å². The van der Waals surface area contributed by atoms with E-state index in [0.29, 0.717) is 19.4 Å². The van der Waals surface area contributed by atoms with Crippen molar-refractivity contribution in [1.29, 1.82) is 0 Å². The molecule has 19 heavy (non-hydrogen) atoms. The van der Waals surface area contributed by atoms with Gasteiger partial charge in [-0.1, -0.05) is 0 Å². The third kappa shape index (κ3) is 4.11. The number of esters is 1. The van der Waals surface area contributed by atoms with E-state index in [1.54, 1.807) is 30.7 Å². The number of pyridine rings is 1. The number of halogens is 1. The van der Waals surface area contributed by atoms with Crippen molar-refractivity contribution in [1.82, 2.24) is 9.97 Å². The second kappa shape index (κ2) is 6.77. The fraction of sp³-hybridized carbons (Fsp3) is 0.308. The molecule has 0 unspecified atom stereocenters.